The molecule has 7 heteroatoms. The third kappa shape index (κ3) is 5.10. The van der Waals surface area contributed by atoms with Crippen molar-refractivity contribution in [3.8, 4) is 5.75 Å². The third-order valence-corrected chi connectivity index (χ3v) is 8.21. The molecule has 2 aromatic rings. The van der Waals surface area contributed by atoms with Crippen molar-refractivity contribution in [1.82, 2.24) is 9.62 Å². The van der Waals surface area contributed by atoms with Gasteiger partial charge >= 0.3 is 0 Å². The number of rotatable bonds is 6. The lowest BCUT2D eigenvalue weighted by atomic mass is 9.96. The van der Waals surface area contributed by atoms with Crippen LogP contribution >= 0.6 is 0 Å². The van der Waals surface area contributed by atoms with Crippen LogP contribution < -0.4 is 10.1 Å². The van der Waals surface area contributed by atoms with E-state index in [1.165, 1.54) is 4.31 Å². The Morgan fingerprint density at radius 2 is 1.61 bits per heavy atom. The van der Waals surface area contributed by atoms with Gasteiger partial charge in [-0.05, 0) is 69.4 Å². The summed E-state index contributed by atoms with van der Waals surface area (Å²) in [6.07, 6.45) is 1.04. The number of methoxy groups -OCH3 is 1. The molecular weight excluding hydrogens is 412 g/mol. The maximum Gasteiger partial charge on any atom is 0.243 e. The molecule has 1 heterocycles. The Labute approximate surface area is 185 Å². The first-order valence-corrected chi connectivity index (χ1v) is 12.1. The number of ether oxygens (including phenoxy) is 1. The molecule has 1 aliphatic rings. The van der Waals surface area contributed by atoms with Crippen LogP contribution in [0, 0.1) is 26.7 Å². The van der Waals surface area contributed by atoms with Gasteiger partial charge in [0.25, 0.3) is 0 Å². The number of aryl methyl sites for hydroxylation is 3. The van der Waals surface area contributed by atoms with E-state index in [0.717, 1.165) is 28.0 Å². The van der Waals surface area contributed by atoms with E-state index in [1.807, 2.05) is 64.1 Å². The second-order valence-corrected chi connectivity index (χ2v) is 10.3. The standard InChI is InChI=1S/C24H32N2O4S/c1-16-14-17(2)23(18(3)15-16)31(28,29)26-12-10-21(11-13-26)24(27)25-19(4)20-6-8-22(30-5)9-7-20/h6-9,14-15,19,21H,10-13H2,1-5H3,(H,25,27)/t19-/m1/s1. The van der Waals surface area contributed by atoms with E-state index in [1.54, 1.807) is 7.11 Å². The van der Waals surface area contributed by atoms with Gasteiger partial charge in [-0.1, -0.05) is 29.8 Å². The topological polar surface area (TPSA) is 75.7 Å². The summed E-state index contributed by atoms with van der Waals surface area (Å²) in [4.78, 5) is 13.2. The molecule has 0 saturated carbocycles. The molecule has 0 aliphatic carbocycles. The first-order chi connectivity index (χ1) is 14.6. The van der Waals surface area contributed by atoms with Crippen LogP contribution in [0.2, 0.25) is 0 Å². The third-order valence-electron chi connectivity index (χ3n) is 6.00. The molecule has 1 aliphatic heterocycles. The zero-order valence-electron chi connectivity index (χ0n) is 18.9. The van der Waals surface area contributed by atoms with Crippen molar-refractivity contribution in [2.45, 2.75) is 51.5 Å². The summed E-state index contributed by atoms with van der Waals surface area (Å²) >= 11 is 0. The summed E-state index contributed by atoms with van der Waals surface area (Å²) < 4.78 is 33.2. The Bertz CT molecular complexity index is 1020. The lowest BCUT2D eigenvalue weighted by molar-refractivity contribution is -0.126. The Kier molecular flexibility index (Phi) is 7.06. The van der Waals surface area contributed by atoms with Crippen molar-refractivity contribution in [3.05, 3.63) is 58.7 Å². The second kappa shape index (κ2) is 9.40. The maximum absolute atomic E-state index is 13.2. The van der Waals surface area contributed by atoms with Crippen LogP contribution in [0.4, 0.5) is 0 Å². The molecule has 0 radical (unpaired) electrons. The van der Waals surface area contributed by atoms with Crippen molar-refractivity contribution < 1.29 is 17.9 Å². The van der Waals surface area contributed by atoms with Crippen LogP contribution in [0.25, 0.3) is 0 Å². The average molecular weight is 445 g/mol. The van der Waals surface area contributed by atoms with Gasteiger partial charge in [0.15, 0.2) is 0 Å². The molecule has 0 unspecified atom stereocenters. The monoisotopic (exact) mass is 444 g/mol. The average Bonchev–Trinajstić information content (AvgIpc) is 2.72. The van der Waals surface area contributed by atoms with E-state index in [2.05, 4.69) is 5.32 Å². The lowest BCUT2D eigenvalue weighted by Crippen LogP contribution is -2.43. The largest absolute Gasteiger partial charge is 0.497 e. The molecule has 6 nitrogen and oxygen atoms in total. The van der Waals surface area contributed by atoms with E-state index < -0.39 is 10.0 Å². The minimum absolute atomic E-state index is 0.0249. The van der Waals surface area contributed by atoms with E-state index in [4.69, 9.17) is 4.74 Å². The maximum atomic E-state index is 13.2. The number of carbonyl (C=O) groups excluding carboxylic acids is 1. The second-order valence-electron chi connectivity index (χ2n) is 8.41. The van der Waals surface area contributed by atoms with Crippen LogP contribution in [0.5, 0.6) is 5.75 Å². The zero-order chi connectivity index (χ0) is 22.8. The summed E-state index contributed by atoms with van der Waals surface area (Å²) in [5.74, 6) is 0.560. The van der Waals surface area contributed by atoms with Crippen LogP contribution in [0.1, 0.15) is 48.1 Å². The molecule has 1 N–H and O–H groups in total. The van der Waals surface area contributed by atoms with Crippen LogP contribution in [-0.2, 0) is 14.8 Å². The van der Waals surface area contributed by atoms with Gasteiger partial charge in [-0.15, -0.1) is 0 Å². The Morgan fingerprint density at radius 3 is 2.13 bits per heavy atom. The molecule has 1 amide bonds. The van der Waals surface area contributed by atoms with Crippen molar-refractivity contribution in [2.75, 3.05) is 20.2 Å². The molecule has 2 aromatic carbocycles. The van der Waals surface area contributed by atoms with Crippen molar-refractivity contribution in [1.29, 1.82) is 0 Å². The fourth-order valence-electron chi connectivity index (χ4n) is 4.37. The lowest BCUT2D eigenvalue weighted by Gasteiger charge is -2.32. The highest BCUT2D eigenvalue weighted by Crippen LogP contribution is 2.29. The van der Waals surface area contributed by atoms with E-state index in [0.29, 0.717) is 30.8 Å². The molecule has 1 saturated heterocycles. The minimum atomic E-state index is -3.57. The molecule has 168 valence electrons. The first-order valence-electron chi connectivity index (χ1n) is 10.7. The number of nitrogens with one attached hydrogen (secondary N) is 1. The molecule has 0 bridgehead atoms. The van der Waals surface area contributed by atoms with E-state index in [-0.39, 0.29) is 17.9 Å². The van der Waals surface area contributed by atoms with Crippen LogP contribution in [-0.4, -0.2) is 38.8 Å². The molecule has 0 aromatic heterocycles. The number of sulfonamides is 1. The van der Waals surface area contributed by atoms with Gasteiger partial charge in [-0.25, -0.2) is 8.42 Å². The summed E-state index contributed by atoms with van der Waals surface area (Å²) in [5, 5.41) is 3.07. The Hall–Kier alpha value is -2.38. The fraction of sp³-hybridized carbons (Fsp3) is 0.458. The van der Waals surface area contributed by atoms with Crippen molar-refractivity contribution in [3.63, 3.8) is 0 Å². The normalized spacial score (nSPS) is 16.7. The highest BCUT2D eigenvalue weighted by molar-refractivity contribution is 7.89. The SMILES string of the molecule is COc1ccc([C@@H](C)NC(=O)C2CCN(S(=O)(=O)c3c(C)cc(C)cc3C)CC2)cc1. The summed E-state index contributed by atoms with van der Waals surface area (Å²) in [6, 6.07) is 11.3. The molecule has 0 spiro atoms. The molecule has 3 rings (SSSR count). The smallest absolute Gasteiger partial charge is 0.243 e. The molecular formula is C24H32N2O4S. The predicted octanol–water partition coefficient (Wildman–Crippen LogP) is 3.90. The number of piperidine rings is 1. The number of hydrogen-bond donors (Lipinski definition) is 1. The fourth-order valence-corrected chi connectivity index (χ4v) is 6.25. The van der Waals surface area contributed by atoms with E-state index in [9.17, 15) is 13.2 Å². The van der Waals surface area contributed by atoms with Crippen LogP contribution in [0.15, 0.2) is 41.3 Å². The van der Waals surface area contributed by atoms with Crippen LogP contribution in [0.3, 0.4) is 0 Å². The summed E-state index contributed by atoms with van der Waals surface area (Å²) in [7, 11) is -1.95. The first kappa shape index (κ1) is 23.3. The number of carbonyl (C=O) groups is 1. The quantitative estimate of drug-likeness (QED) is 0.733. The van der Waals surface area contributed by atoms with Gasteiger partial charge in [0.05, 0.1) is 18.0 Å². The summed E-state index contributed by atoms with van der Waals surface area (Å²) in [5.41, 5.74) is 3.59. The van der Waals surface area contributed by atoms with E-state index >= 15 is 0 Å². The van der Waals surface area contributed by atoms with Gasteiger partial charge < -0.3 is 10.1 Å². The van der Waals surface area contributed by atoms with Crippen molar-refractivity contribution in [2.24, 2.45) is 5.92 Å². The number of amides is 1. The minimum Gasteiger partial charge on any atom is -0.497 e. The predicted molar refractivity (Wildman–Crippen MR) is 122 cm³/mol. The Morgan fingerprint density at radius 1 is 1.06 bits per heavy atom. The number of benzene rings is 2. The van der Waals surface area contributed by atoms with Crippen molar-refractivity contribution >= 4 is 15.9 Å². The highest BCUT2D eigenvalue weighted by Gasteiger charge is 2.34. The molecule has 31 heavy (non-hydrogen) atoms. The summed E-state index contributed by atoms with van der Waals surface area (Å²) in [6.45, 7) is 8.30. The number of hydrogen-bond acceptors (Lipinski definition) is 4. The van der Waals surface area contributed by atoms with Gasteiger partial charge in [0.1, 0.15) is 5.75 Å². The zero-order valence-corrected chi connectivity index (χ0v) is 19.8. The molecule has 1 atom stereocenters. The Balaban J connectivity index is 1.62. The van der Waals surface area contributed by atoms with Gasteiger partial charge in [0.2, 0.25) is 15.9 Å². The van der Waals surface area contributed by atoms with Gasteiger partial charge in [0, 0.05) is 19.0 Å². The number of nitrogens with zero attached hydrogens (tertiary/aromatic N) is 1. The molecule has 1 fully saturated rings. The highest BCUT2D eigenvalue weighted by atomic mass is 32.2. The van der Waals surface area contributed by atoms with Gasteiger partial charge in [-0.3, -0.25) is 4.79 Å². The van der Waals surface area contributed by atoms with Gasteiger partial charge in [-0.2, -0.15) is 4.31 Å².